The lowest BCUT2D eigenvalue weighted by atomic mass is 10.2. The van der Waals surface area contributed by atoms with Crippen LogP contribution in [0.15, 0.2) is 18.2 Å². The Morgan fingerprint density at radius 3 is 1.83 bits per heavy atom. The van der Waals surface area contributed by atoms with E-state index in [1.54, 1.807) is 14.2 Å². The topological polar surface area (TPSA) is 35.5 Å². The molecule has 0 amide bonds. The van der Waals surface area contributed by atoms with Crippen molar-refractivity contribution < 1.29 is 14.0 Å². The van der Waals surface area contributed by atoms with Crippen LogP contribution in [0.2, 0.25) is 0 Å². The van der Waals surface area contributed by atoms with E-state index >= 15 is 0 Å². The highest BCUT2D eigenvalue weighted by molar-refractivity contribution is 7.73. The summed E-state index contributed by atoms with van der Waals surface area (Å²) in [6.45, 7) is 7.97. The molecule has 3 nitrogen and oxygen atoms in total. The Bertz CT molecular complexity index is 438. The first-order valence-electron chi connectivity index (χ1n) is 6.12. The summed E-state index contributed by atoms with van der Waals surface area (Å²) in [4.78, 5) is 0. The molecule has 0 fully saturated rings. The third-order valence-corrected chi connectivity index (χ3v) is 7.51. The van der Waals surface area contributed by atoms with Gasteiger partial charge < -0.3 is 14.0 Å². The molecule has 0 aliphatic carbocycles. The molecule has 1 unspecified atom stereocenters. The van der Waals surface area contributed by atoms with Gasteiger partial charge >= 0.3 is 0 Å². The molecule has 0 N–H and O–H groups in total. The maximum Gasteiger partial charge on any atom is 0.133 e. The van der Waals surface area contributed by atoms with E-state index in [2.05, 4.69) is 0 Å². The van der Waals surface area contributed by atoms with Gasteiger partial charge in [-0.25, -0.2) is 0 Å². The molecule has 0 saturated carbocycles. The quantitative estimate of drug-likeness (QED) is 0.785. The molecule has 1 rings (SSSR count). The monoisotopic (exact) mass is 270 g/mol. The second-order valence-electron chi connectivity index (χ2n) is 5.24. The summed E-state index contributed by atoms with van der Waals surface area (Å²) >= 11 is 0. The molecule has 0 heterocycles. The van der Waals surface area contributed by atoms with E-state index in [4.69, 9.17) is 9.47 Å². The zero-order chi connectivity index (χ0) is 14.0. The number of ether oxygens (including phenoxy) is 2. The SMILES string of the molecule is CCP(=O)(c1c(OC)cccc1OC)C(C)(C)C. The van der Waals surface area contributed by atoms with Crippen molar-refractivity contribution in [1.82, 2.24) is 0 Å². The number of hydrogen-bond acceptors (Lipinski definition) is 3. The fraction of sp³-hybridized carbons (Fsp3) is 0.571. The Labute approximate surface area is 110 Å². The van der Waals surface area contributed by atoms with Crippen LogP contribution in [0.5, 0.6) is 11.5 Å². The van der Waals surface area contributed by atoms with Crippen molar-refractivity contribution in [2.45, 2.75) is 32.9 Å². The van der Waals surface area contributed by atoms with Crippen molar-refractivity contribution in [2.75, 3.05) is 20.4 Å². The van der Waals surface area contributed by atoms with Gasteiger partial charge in [0.2, 0.25) is 0 Å². The van der Waals surface area contributed by atoms with Crippen LogP contribution in [0.25, 0.3) is 0 Å². The smallest absolute Gasteiger partial charge is 0.133 e. The maximum absolute atomic E-state index is 13.4. The Morgan fingerprint density at radius 1 is 1.11 bits per heavy atom. The van der Waals surface area contributed by atoms with Crippen LogP contribution in [0.4, 0.5) is 0 Å². The predicted octanol–water partition coefficient (Wildman–Crippen LogP) is 3.51. The molecule has 0 bridgehead atoms. The van der Waals surface area contributed by atoms with Crippen LogP contribution >= 0.6 is 7.14 Å². The lowest BCUT2D eigenvalue weighted by Crippen LogP contribution is -2.26. The van der Waals surface area contributed by atoms with Crippen molar-refractivity contribution in [3.05, 3.63) is 18.2 Å². The third-order valence-electron chi connectivity index (χ3n) is 3.29. The van der Waals surface area contributed by atoms with Crippen LogP contribution in [0.3, 0.4) is 0 Å². The van der Waals surface area contributed by atoms with Gasteiger partial charge in [0.15, 0.2) is 0 Å². The van der Waals surface area contributed by atoms with Crippen LogP contribution in [-0.2, 0) is 4.57 Å². The van der Waals surface area contributed by atoms with Gasteiger partial charge in [-0.05, 0) is 12.1 Å². The van der Waals surface area contributed by atoms with Crippen molar-refractivity contribution >= 4 is 12.4 Å². The Balaban J connectivity index is 3.61. The summed E-state index contributed by atoms with van der Waals surface area (Å²) in [6, 6.07) is 5.53. The predicted molar refractivity (Wildman–Crippen MR) is 77.1 cm³/mol. The highest BCUT2D eigenvalue weighted by Gasteiger charge is 2.40. The van der Waals surface area contributed by atoms with E-state index in [9.17, 15) is 4.57 Å². The molecule has 0 aliphatic heterocycles. The minimum Gasteiger partial charge on any atom is -0.496 e. The molecule has 0 spiro atoms. The van der Waals surface area contributed by atoms with Gasteiger partial charge in [0.25, 0.3) is 0 Å². The highest BCUT2D eigenvalue weighted by atomic mass is 31.2. The molecule has 1 atom stereocenters. The van der Waals surface area contributed by atoms with Gasteiger partial charge in [0, 0.05) is 11.3 Å². The van der Waals surface area contributed by atoms with Gasteiger partial charge in [0.05, 0.1) is 19.5 Å². The second-order valence-corrected chi connectivity index (χ2v) is 9.14. The first kappa shape index (κ1) is 15.1. The molecule has 0 aromatic heterocycles. The van der Waals surface area contributed by atoms with Gasteiger partial charge in [-0.3, -0.25) is 0 Å². The van der Waals surface area contributed by atoms with Gasteiger partial charge in [-0.1, -0.05) is 33.8 Å². The van der Waals surface area contributed by atoms with Crippen molar-refractivity contribution in [2.24, 2.45) is 0 Å². The minimum atomic E-state index is -2.59. The lowest BCUT2D eigenvalue weighted by molar-refractivity contribution is 0.399. The van der Waals surface area contributed by atoms with Crippen LogP contribution in [0.1, 0.15) is 27.7 Å². The van der Waals surface area contributed by atoms with E-state index in [1.807, 2.05) is 45.9 Å². The molecule has 1 aromatic rings. The fourth-order valence-electron chi connectivity index (χ4n) is 2.16. The van der Waals surface area contributed by atoms with Crippen LogP contribution in [0, 0.1) is 0 Å². The van der Waals surface area contributed by atoms with Crippen molar-refractivity contribution in [1.29, 1.82) is 0 Å². The average molecular weight is 270 g/mol. The lowest BCUT2D eigenvalue weighted by Gasteiger charge is -2.32. The zero-order valence-electron chi connectivity index (χ0n) is 12.1. The molecule has 0 radical (unpaired) electrons. The minimum absolute atomic E-state index is 0.316. The molecule has 4 heteroatoms. The first-order chi connectivity index (χ1) is 8.31. The molecule has 0 saturated heterocycles. The second kappa shape index (κ2) is 5.36. The molecular formula is C14H23O3P. The normalized spacial score (nSPS) is 15.0. The Morgan fingerprint density at radius 2 is 1.56 bits per heavy atom. The van der Waals surface area contributed by atoms with E-state index in [0.29, 0.717) is 17.7 Å². The fourth-order valence-corrected chi connectivity index (χ4v) is 5.13. The first-order valence-corrected chi connectivity index (χ1v) is 8.01. The maximum atomic E-state index is 13.4. The highest BCUT2D eigenvalue weighted by Crippen LogP contribution is 2.59. The Kier molecular flexibility index (Phi) is 4.50. The summed E-state index contributed by atoms with van der Waals surface area (Å²) in [5, 5.41) is 0.411. The van der Waals surface area contributed by atoms with E-state index in [-0.39, 0.29) is 5.16 Å². The summed E-state index contributed by atoms with van der Waals surface area (Å²) in [5.74, 6) is 1.30. The summed E-state index contributed by atoms with van der Waals surface area (Å²) < 4.78 is 24.2. The largest absolute Gasteiger partial charge is 0.496 e. The molecule has 0 aliphatic rings. The zero-order valence-corrected chi connectivity index (χ0v) is 13.0. The summed E-state index contributed by atoms with van der Waals surface area (Å²) in [6.07, 6.45) is 0.591. The van der Waals surface area contributed by atoms with Crippen molar-refractivity contribution in [3.8, 4) is 11.5 Å². The summed E-state index contributed by atoms with van der Waals surface area (Å²) in [7, 11) is 0.602. The van der Waals surface area contributed by atoms with E-state index in [0.717, 1.165) is 5.30 Å². The number of rotatable bonds is 4. The van der Waals surface area contributed by atoms with Crippen LogP contribution in [-0.4, -0.2) is 25.5 Å². The standard InChI is InChI=1S/C14H23O3P/c1-7-18(15,14(2,3)4)13-11(16-5)9-8-10-12(13)17-6/h8-10H,7H2,1-6H3. The average Bonchev–Trinajstić information content (AvgIpc) is 2.35. The number of hydrogen-bond donors (Lipinski definition) is 0. The molecule has 18 heavy (non-hydrogen) atoms. The van der Waals surface area contributed by atoms with Crippen LogP contribution < -0.4 is 14.8 Å². The number of benzene rings is 1. The molecule has 102 valence electrons. The van der Waals surface area contributed by atoms with Gasteiger partial charge in [0.1, 0.15) is 18.6 Å². The third kappa shape index (κ3) is 2.42. The number of methoxy groups -OCH3 is 2. The Hall–Kier alpha value is -0.950. The van der Waals surface area contributed by atoms with Crippen molar-refractivity contribution in [3.63, 3.8) is 0 Å². The molecular weight excluding hydrogens is 247 g/mol. The summed E-state index contributed by atoms with van der Waals surface area (Å²) in [5.41, 5.74) is 0. The van der Waals surface area contributed by atoms with Gasteiger partial charge in [-0.15, -0.1) is 0 Å². The van der Waals surface area contributed by atoms with E-state index in [1.165, 1.54) is 0 Å². The van der Waals surface area contributed by atoms with E-state index < -0.39 is 7.14 Å². The molecule has 1 aromatic carbocycles. The van der Waals surface area contributed by atoms with Gasteiger partial charge in [-0.2, -0.15) is 0 Å².